The van der Waals surface area contributed by atoms with Gasteiger partial charge in [0.25, 0.3) is 0 Å². The van der Waals surface area contributed by atoms with Crippen molar-refractivity contribution in [1.82, 2.24) is 0 Å². The van der Waals surface area contributed by atoms with Crippen LogP contribution in [-0.2, 0) is 5.41 Å². The second-order valence-corrected chi connectivity index (χ2v) is 8.75. The first-order valence-corrected chi connectivity index (χ1v) is 10.0. The van der Waals surface area contributed by atoms with Crippen molar-refractivity contribution < 1.29 is 0 Å². The number of anilines is 2. The van der Waals surface area contributed by atoms with Gasteiger partial charge in [-0.3, -0.25) is 0 Å². The van der Waals surface area contributed by atoms with Gasteiger partial charge < -0.3 is 10.6 Å². The maximum atomic E-state index is 6.56. The topological polar surface area (TPSA) is 29.3 Å². The lowest BCUT2D eigenvalue weighted by atomic mass is 9.80. The van der Waals surface area contributed by atoms with E-state index < -0.39 is 0 Å². The molecule has 1 aliphatic carbocycles. The Bertz CT molecular complexity index is 513. The van der Waals surface area contributed by atoms with Crippen molar-refractivity contribution in [2.75, 3.05) is 17.2 Å². The summed E-state index contributed by atoms with van der Waals surface area (Å²) in [6, 6.07) is 7.51. The highest BCUT2D eigenvalue weighted by Crippen LogP contribution is 2.36. The predicted molar refractivity (Wildman–Crippen MR) is 108 cm³/mol. The molecule has 0 radical (unpaired) electrons. The van der Waals surface area contributed by atoms with E-state index in [4.69, 9.17) is 5.73 Å². The van der Waals surface area contributed by atoms with Crippen molar-refractivity contribution in [2.45, 2.75) is 91.0 Å². The van der Waals surface area contributed by atoms with Crippen LogP contribution in [0.2, 0.25) is 0 Å². The minimum Gasteiger partial charge on any atom is -0.397 e. The second kappa shape index (κ2) is 8.27. The molecule has 136 valence electrons. The fourth-order valence-corrected chi connectivity index (χ4v) is 4.24. The Morgan fingerprint density at radius 3 is 2.38 bits per heavy atom. The summed E-state index contributed by atoms with van der Waals surface area (Å²) in [5.41, 5.74) is 10.4. The number of hydrogen-bond acceptors (Lipinski definition) is 2. The lowest BCUT2D eigenvalue weighted by Gasteiger charge is -2.38. The molecule has 0 amide bonds. The number of hydrogen-bond donors (Lipinski definition) is 1. The van der Waals surface area contributed by atoms with E-state index in [1.807, 2.05) is 0 Å². The molecule has 2 nitrogen and oxygen atoms in total. The average Bonchev–Trinajstić information content (AvgIpc) is 2.53. The van der Waals surface area contributed by atoms with E-state index in [1.165, 1.54) is 56.2 Å². The zero-order chi connectivity index (χ0) is 17.7. The molecule has 2 N–H and O–H groups in total. The van der Waals surface area contributed by atoms with Crippen molar-refractivity contribution in [2.24, 2.45) is 5.92 Å². The van der Waals surface area contributed by atoms with E-state index in [1.54, 1.807) is 0 Å². The summed E-state index contributed by atoms with van der Waals surface area (Å²) >= 11 is 0. The van der Waals surface area contributed by atoms with Crippen LogP contribution in [0.1, 0.15) is 85.1 Å². The maximum absolute atomic E-state index is 6.56. The fourth-order valence-electron chi connectivity index (χ4n) is 4.24. The largest absolute Gasteiger partial charge is 0.397 e. The summed E-state index contributed by atoms with van der Waals surface area (Å²) in [6.07, 6.45) is 9.15. The van der Waals surface area contributed by atoms with Crippen LogP contribution >= 0.6 is 0 Å². The zero-order valence-corrected chi connectivity index (χ0v) is 16.6. The van der Waals surface area contributed by atoms with Gasteiger partial charge in [0.1, 0.15) is 0 Å². The quantitative estimate of drug-likeness (QED) is 0.608. The van der Waals surface area contributed by atoms with Crippen molar-refractivity contribution in [3.63, 3.8) is 0 Å². The lowest BCUT2D eigenvalue weighted by Crippen LogP contribution is -2.39. The number of nitrogens with zero attached hydrogens (tertiary/aromatic N) is 1. The molecule has 0 aliphatic heterocycles. The molecule has 2 heteroatoms. The molecular weight excluding hydrogens is 292 g/mol. The van der Waals surface area contributed by atoms with Gasteiger partial charge >= 0.3 is 0 Å². The maximum Gasteiger partial charge on any atom is 0.0602 e. The van der Waals surface area contributed by atoms with Crippen molar-refractivity contribution in [3.05, 3.63) is 23.8 Å². The van der Waals surface area contributed by atoms with Gasteiger partial charge in [-0.05, 0) is 48.3 Å². The summed E-state index contributed by atoms with van der Waals surface area (Å²) in [6.45, 7) is 12.6. The Morgan fingerprint density at radius 1 is 1.17 bits per heavy atom. The highest BCUT2D eigenvalue weighted by molar-refractivity contribution is 5.69. The van der Waals surface area contributed by atoms with Crippen LogP contribution < -0.4 is 10.6 Å². The second-order valence-electron chi connectivity index (χ2n) is 8.75. The Hall–Kier alpha value is -1.18. The summed E-state index contributed by atoms with van der Waals surface area (Å²) < 4.78 is 0. The van der Waals surface area contributed by atoms with Crippen LogP contribution in [-0.4, -0.2) is 12.6 Å². The van der Waals surface area contributed by atoms with Gasteiger partial charge in [0, 0.05) is 12.6 Å². The minimum absolute atomic E-state index is 0.203. The molecule has 1 saturated carbocycles. The van der Waals surface area contributed by atoms with Crippen LogP contribution in [0, 0.1) is 5.92 Å². The van der Waals surface area contributed by atoms with E-state index in [2.05, 4.69) is 57.7 Å². The van der Waals surface area contributed by atoms with E-state index in [9.17, 15) is 0 Å². The standard InChI is InChI=1S/C22H38N2/c1-6-14-22(4,5)18-12-13-21(20(23)15-18)24(16-17(2)3)19-10-8-7-9-11-19/h12-13,15,17,19H,6-11,14,16,23H2,1-5H3. The van der Waals surface area contributed by atoms with E-state index in [0.717, 1.165) is 12.2 Å². The fraction of sp³-hybridized carbons (Fsp3) is 0.727. The Kier molecular flexibility index (Phi) is 6.60. The third-order valence-electron chi connectivity index (χ3n) is 5.57. The third kappa shape index (κ3) is 4.68. The zero-order valence-electron chi connectivity index (χ0n) is 16.6. The summed E-state index contributed by atoms with van der Waals surface area (Å²) in [4.78, 5) is 2.61. The molecule has 0 spiro atoms. The first kappa shape index (κ1) is 19.1. The summed E-state index contributed by atoms with van der Waals surface area (Å²) in [5, 5.41) is 0. The Balaban J connectivity index is 2.29. The number of nitrogens with two attached hydrogens (primary N) is 1. The first-order valence-electron chi connectivity index (χ1n) is 10.0. The first-order chi connectivity index (χ1) is 11.3. The molecule has 1 aliphatic rings. The SMILES string of the molecule is CCCC(C)(C)c1ccc(N(CC(C)C)C2CCCCC2)c(N)c1. The summed E-state index contributed by atoms with van der Waals surface area (Å²) in [5.74, 6) is 0.655. The monoisotopic (exact) mass is 330 g/mol. The lowest BCUT2D eigenvalue weighted by molar-refractivity contribution is 0.401. The van der Waals surface area contributed by atoms with Crippen LogP contribution in [0.25, 0.3) is 0 Å². The normalized spacial score (nSPS) is 16.6. The molecular formula is C22H38N2. The Labute approximate surface area is 149 Å². The van der Waals surface area contributed by atoms with Crippen LogP contribution in [0.4, 0.5) is 11.4 Å². The van der Waals surface area contributed by atoms with Crippen molar-refractivity contribution in [1.29, 1.82) is 0 Å². The molecule has 1 fully saturated rings. The Morgan fingerprint density at radius 2 is 1.83 bits per heavy atom. The molecule has 0 heterocycles. The van der Waals surface area contributed by atoms with Crippen molar-refractivity contribution >= 4 is 11.4 Å². The highest BCUT2D eigenvalue weighted by Gasteiger charge is 2.25. The van der Waals surface area contributed by atoms with Crippen LogP contribution in [0.3, 0.4) is 0 Å². The molecule has 1 aromatic carbocycles. The average molecular weight is 331 g/mol. The number of nitrogen functional groups attached to an aromatic ring is 1. The number of rotatable bonds is 7. The van der Waals surface area contributed by atoms with Gasteiger partial charge in [-0.25, -0.2) is 0 Å². The van der Waals surface area contributed by atoms with E-state index in [-0.39, 0.29) is 5.41 Å². The number of benzene rings is 1. The molecule has 2 rings (SSSR count). The van der Waals surface area contributed by atoms with Gasteiger partial charge in [0.15, 0.2) is 0 Å². The predicted octanol–water partition coefficient (Wildman–Crippen LogP) is 6.14. The third-order valence-corrected chi connectivity index (χ3v) is 5.57. The molecule has 24 heavy (non-hydrogen) atoms. The van der Waals surface area contributed by atoms with Gasteiger partial charge in [-0.15, -0.1) is 0 Å². The van der Waals surface area contributed by atoms with Crippen molar-refractivity contribution in [3.8, 4) is 0 Å². The van der Waals surface area contributed by atoms with E-state index >= 15 is 0 Å². The van der Waals surface area contributed by atoms with Crippen LogP contribution in [0.5, 0.6) is 0 Å². The van der Waals surface area contributed by atoms with E-state index in [0.29, 0.717) is 12.0 Å². The van der Waals surface area contributed by atoms with Crippen LogP contribution in [0.15, 0.2) is 18.2 Å². The molecule has 0 atom stereocenters. The van der Waals surface area contributed by atoms with Gasteiger partial charge in [-0.1, -0.05) is 66.4 Å². The minimum atomic E-state index is 0.203. The highest BCUT2D eigenvalue weighted by atomic mass is 15.2. The molecule has 0 saturated heterocycles. The summed E-state index contributed by atoms with van der Waals surface area (Å²) in [7, 11) is 0. The van der Waals surface area contributed by atoms with Gasteiger partial charge in [0.05, 0.1) is 11.4 Å². The molecule has 1 aromatic rings. The smallest absolute Gasteiger partial charge is 0.0602 e. The molecule has 0 aromatic heterocycles. The molecule has 0 bridgehead atoms. The van der Waals surface area contributed by atoms with Gasteiger partial charge in [-0.2, -0.15) is 0 Å². The van der Waals surface area contributed by atoms with Gasteiger partial charge in [0.2, 0.25) is 0 Å². The molecule has 0 unspecified atom stereocenters.